The monoisotopic (exact) mass is 302 g/mol. The molecule has 0 aliphatic heterocycles. The Bertz CT molecular complexity index is 445. The first-order chi connectivity index (χ1) is 8.97. The Morgan fingerprint density at radius 2 is 1.89 bits per heavy atom. The summed E-state index contributed by atoms with van der Waals surface area (Å²) in [6.45, 7) is 0.645. The fraction of sp³-hybridized carbons (Fsp3) is 0.571. The van der Waals surface area contributed by atoms with Gasteiger partial charge < -0.3 is 10.8 Å². The topological polar surface area (TPSA) is 49.5 Å². The molecule has 3 nitrogen and oxygen atoms in total. The molecule has 0 amide bonds. The van der Waals surface area contributed by atoms with Crippen LogP contribution in [0.2, 0.25) is 10.0 Å². The summed E-state index contributed by atoms with van der Waals surface area (Å²) in [4.78, 5) is 2.24. The van der Waals surface area contributed by atoms with Gasteiger partial charge in [-0.3, -0.25) is 4.90 Å². The average Bonchev–Trinajstić information content (AvgIpc) is 2.36. The van der Waals surface area contributed by atoms with Gasteiger partial charge >= 0.3 is 0 Å². The Hall–Kier alpha value is -0.480. The number of hydrogen-bond donors (Lipinski definition) is 2. The lowest BCUT2D eigenvalue weighted by atomic mass is 9.91. The van der Waals surface area contributed by atoms with E-state index in [-0.39, 0.29) is 5.75 Å². The number of aromatic hydroxyl groups is 1. The highest BCUT2D eigenvalue weighted by molar-refractivity contribution is 6.35. The van der Waals surface area contributed by atoms with Crippen LogP contribution < -0.4 is 5.73 Å². The van der Waals surface area contributed by atoms with E-state index >= 15 is 0 Å². The Kier molecular flexibility index (Phi) is 4.96. The molecule has 0 unspecified atom stereocenters. The van der Waals surface area contributed by atoms with Crippen LogP contribution in [0.5, 0.6) is 5.75 Å². The van der Waals surface area contributed by atoms with Gasteiger partial charge in [0.25, 0.3) is 0 Å². The molecule has 0 radical (unpaired) electrons. The summed E-state index contributed by atoms with van der Waals surface area (Å²) >= 11 is 11.9. The van der Waals surface area contributed by atoms with Gasteiger partial charge in [0.2, 0.25) is 0 Å². The molecule has 1 fully saturated rings. The smallest absolute Gasteiger partial charge is 0.138 e. The summed E-state index contributed by atoms with van der Waals surface area (Å²) in [6.07, 6.45) is 4.34. The number of rotatable bonds is 3. The largest absolute Gasteiger partial charge is 0.506 e. The van der Waals surface area contributed by atoms with Crippen molar-refractivity contribution in [1.82, 2.24) is 4.90 Å². The lowest BCUT2D eigenvalue weighted by Crippen LogP contribution is -2.38. The average molecular weight is 303 g/mol. The first-order valence-corrected chi connectivity index (χ1v) is 7.35. The van der Waals surface area contributed by atoms with Crippen molar-refractivity contribution in [2.75, 3.05) is 7.05 Å². The zero-order valence-electron chi connectivity index (χ0n) is 11.1. The third kappa shape index (κ3) is 3.76. The first kappa shape index (κ1) is 14.9. The summed E-state index contributed by atoms with van der Waals surface area (Å²) in [5.41, 5.74) is 6.69. The molecule has 3 N–H and O–H groups in total. The van der Waals surface area contributed by atoms with Crippen molar-refractivity contribution in [2.45, 2.75) is 44.3 Å². The van der Waals surface area contributed by atoms with E-state index in [4.69, 9.17) is 28.9 Å². The van der Waals surface area contributed by atoms with Crippen molar-refractivity contribution in [1.29, 1.82) is 0 Å². The second-order valence-electron chi connectivity index (χ2n) is 5.38. The van der Waals surface area contributed by atoms with Gasteiger partial charge in [-0.15, -0.1) is 0 Å². The van der Waals surface area contributed by atoms with Crippen LogP contribution in [0.25, 0.3) is 0 Å². The van der Waals surface area contributed by atoms with Crippen LogP contribution in [0.1, 0.15) is 31.2 Å². The Balaban J connectivity index is 2.04. The molecule has 1 saturated carbocycles. The van der Waals surface area contributed by atoms with Crippen LogP contribution in [0.15, 0.2) is 12.1 Å². The predicted octanol–water partition coefficient (Wildman–Crippen LogP) is 3.40. The normalized spacial score (nSPS) is 23.8. The molecular formula is C14H20Cl2N2O. The minimum absolute atomic E-state index is 0.130. The fourth-order valence-corrected chi connectivity index (χ4v) is 3.22. The van der Waals surface area contributed by atoms with E-state index in [1.54, 1.807) is 12.1 Å². The molecule has 106 valence electrons. The van der Waals surface area contributed by atoms with Gasteiger partial charge in [-0.1, -0.05) is 23.2 Å². The minimum atomic E-state index is 0.130. The van der Waals surface area contributed by atoms with Gasteiger partial charge in [0.1, 0.15) is 5.75 Å². The Labute approximate surface area is 124 Å². The second kappa shape index (κ2) is 6.31. The van der Waals surface area contributed by atoms with E-state index in [2.05, 4.69) is 11.9 Å². The number of hydrogen-bond acceptors (Lipinski definition) is 3. The summed E-state index contributed by atoms with van der Waals surface area (Å²) in [7, 11) is 2.07. The van der Waals surface area contributed by atoms with E-state index in [0.29, 0.717) is 28.7 Å². The van der Waals surface area contributed by atoms with E-state index < -0.39 is 0 Å². The van der Waals surface area contributed by atoms with Crippen molar-refractivity contribution < 1.29 is 5.11 Å². The lowest BCUT2D eigenvalue weighted by molar-refractivity contribution is 0.175. The molecule has 1 aromatic rings. The highest BCUT2D eigenvalue weighted by Crippen LogP contribution is 2.33. The number of nitrogens with zero attached hydrogens (tertiary/aromatic N) is 1. The number of halogens is 2. The molecule has 5 heteroatoms. The Morgan fingerprint density at radius 3 is 2.53 bits per heavy atom. The zero-order chi connectivity index (χ0) is 14.0. The molecular weight excluding hydrogens is 283 g/mol. The first-order valence-electron chi connectivity index (χ1n) is 6.60. The van der Waals surface area contributed by atoms with Crippen molar-refractivity contribution in [3.05, 3.63) is 27.7 Å². The molecule has 2 rings (SSSR count). The summed E-state index contributed by atoms with van der Waals surface area (Å²) in [5.74, 6) is 0.130. The van der Waals surface area contributed by atoms with Gasteiger partial charge in [0.15, 0.2) is 0 Å². The van der Waals surface area contributed by atoms with Crippen LogP contribution in [0.4, 0.5) is 0 Å². The standard InChI is InChI=1S/C14H20Cl2N2O/c1-18(12-4-2-11(17)3-5-12)8-9-6-10(15)7-13(16)14(9)19/h6-7,11-12,19H,2-5,8,17H2,1H3. The number of phenolic OH excluding ortho intramolecular Hbond substituents is 1. The maximum Gasteiger partial charge on any atom is 0.138 e. The molecule has 1 aromatic carbocycles. The third-order valence-corrected chi connectivity index (χ3v) is 4.40. The highest BCUT2D eigenvalue weighted by Gasteiger charge is 2.22. The van der Waals surface area contributed by atoms with Crippen LogP contribution >= 0.6 is 23.2 Å². The maximum atomic E-state index is 9.97. The fourth-order valence-electron chi connectivity index (χ4n) is 2.68. The molecule has 0 spiro atoms. The van der Waals surface area contributed by atoms with Crippen molar-refractivity contribution in [3.63, 3.8) is 0 Å². The molecule has 1 aliphatic rings. The van der Waals surface area contributed by atoms with Gasteiger partial charge in [-0.25, -0.2) is 0 Å². The van der Waals surface area contributed by atoms with Gasteiger partial charge in [0, 0.05) is 29.2 Å². The van der Waals surface area contributed by atoms with Gasteiger partial charge in [0.05, 0.1) is 5.02 Å². The second-order valence-corrected chi connectivity index (χ2v) is 6.22. The van der Waals surface area contributed by atoms with E-state index in [1.165, 1.54) is 0 Å². The molecule has 1 aliphatic carbocycles. The van der Waals surface area contributed by atoms with Crippen LogP contribution in [-0.2, 0) is 6.54 Å². The quantitative estimate of drug-likeness (QED) is 0.900. The molecule has 0 heterocycles. The summed E-state index contributed by atoms with van der Waals surface area (Å²) in [5, 5.41) is 10.8. The molecule has 0 bridgehead atoms. The molecule has 0 aromatic heterocycles. The SMILES string of the molecule is CN(Cc1cc(Cl)cc(Cl)c1O)C1CCC(N)CC1. The predicted molar refractivity (Wildman–Crippen MR) is 79.8 cm³/mol. The maximum absolute atomic E-state index is 9.97. The third-order valence-electron chi connectivity index (χ3n) is 3.89. The lowest BCUT2D eigenvalue weighted by Gasteiger charge is -2.33. The molecule has 19 heavy (non-hydrogen) atoms. The van der Waals surface area contributed by atoms with Gasteiger partial charge in [-0.05, 0) is 44.9 Å². The highest BCUT2D eigenvalue weighted by atomic mass is 35.5. The Morgan fingerprint density at radius 1 is 1.26 bits per heavy atom. The molecule has 0 saturated heterocycles. The number of benzene rings is 1. The number of phenols is 1. The van der Waals surface area contributed by atoms with E-state index in [1.807, 2.05) is 0 Å². The van der Waals surface area contributed by atoms with Crippen molar-refractivity contribution in [3.8, 4) is 5.75 Å². The van der Waals surface area contributed by atoms with Crippen LogP contribution in [-0.4, -0.2) is 29.1 Å². The van der Waals surface area contributed by atoms with Gasteiger partial charge in [-0.2, -0.15) is 0 Å². The summed E-state index contributed by atoms with van der Waals surface area (Å²) in [6, 6.07) is 4.19. The molecule has 0 atom stereocenters. The zero-order valence-corrected chi connectivity index (χ0v) is 12.6. The van der Waals surface area contributed by atoms with Crippen molar-refractivity contribution in [2.24, 2.45) is 5.73 Å². The van der Waals surface area contributed by atoms with E-state index in [0.717, 1.165) is 31.2 Å². The van der Waals surface area contributed by atoms with Crippen molar-refractivity contribution >= 4 is 23.2 Å². The number of nitrogens with two attached hydrogens (primary N) is 1. The van der Waals surface area contributed by atoms with E-state index in [9.17, 15) is 5.11 Å². The minimum Gasteiger partial charge on any atom is -0.506 e. The van der Waals surface area contributed by atoms with Crippen LogP contribution in [0.3, 0.4) is 0 Å². The van der Waals surface area contributed by atoms with Crippen LogP contribution in [0, 0.1) is 0 Å². The summed E-state index contributed by atoms with van der Waals surface area (Å²) < 4.78 is 0.